The molecule has 0 radical (unpaired) electrons. The summed E-state index contributed by atoms with van der Waals surface area (Å²) in [5.41, 5.74) is 1.44. The maximum absolute atomic E-state index is 14.5. The number of aryl methyl sites for hydroxylation is 1. The molecule has 31 heavy (non-hydrogen) atoms. The van der Waals surface area contributed by atoms with Crippen LogP contribution in [-0.2, 0) is 0 Å². The van der Waals surface area contributed by atoms with Gasteiger partial charge in [0.05, 0.1) is 23.3 Å². The molecule has 3 rings (SSSR count). The summed E-state index contributed by atoms with van der Waals surface area (Å²) < 4.78 is 14.5. The molecule has 8 heteroatoms. The van der Waals surface area contributed by atoms with Crippen molar-refractivity contribution in [1.82, 2.24) is 15.2 Å². The Bertz CT molecular complexity index is 1020. The van der Waals surface area contributed by atoms with Crippen LogP contribution in [0, 0.1) is 12.7 Å². The second kappa shape index (κ2) is 8.63. The van der Waals surface area contributed by atoms with E-state index >= 15 is 0 Å². The monoisotopic (exact) mass is 428 g/mol. The number of nitrogens with zero attached hydrogens (tertiary/aromatic N) is 2. The van der Waals surface area contributed by atoms with Crippen molar-refractivity contribution in [3.63, 3.8) is 0 Å². The zero-order valence-corrected chi connectivity index (χ0v) is 18.5. The van der Waals surface area contributed by atoms with Crippen molar-refractivity contribution in [1.29, 1.82) is 0 Å². The summed E-state index contributed by atoms with van der Waals surface area (Å²) in [6, 6.07) is 4.62. The highest BCUT2D eigenvalue weighted by molar-refractivity contribution is 6.00. The van der Waals surface area contributed by atoms with Crippen LogP contribution in [0.1, 0.15) is 53.0 Å². The number of aromatic nitrogens is 1. The second-order valence-electron chi connectivity index (χ2n) is 8.88. The summed E-state index contributed by atoms with van der Waals surface area (Å²) in [6.45, 7) is 5.18. The van der Waals surface area contributed by atoms with E-state index in [-0.39, 0.29) is 24.1 Å². The predicted molar refractivity (Wildman–Crippen MR) is 118 cm³/mol. The number of pyridine rings is 1. The smallest absolute Gasteiger partial charge is 0.257 e. The van der Waals surface area contributed by atoms with Gasteiger partial charge in [0.25, 0.3) is 11.8 Å². The van der Waals surface area contributed by atoms with E-state index in [0.29, 0.717) is 28.1 Å². The Morgan fingerprint density at radius 2 is 1.90 bits per heavy atom. The molecule has 1 aliphatic carbocycles. The van der Waals surface area contributed by atoms with Crippen molar-refractivity contribution in [2.45, 2.75) is 45.2 Å². The molecule has 1 saturated carbocycles. The van der Waals surface area contributed by atoms with Gasteiger partial charge in [0.1, 0.15) is 11.6 Å². The predicted octanol–water partition coefficient (Wildman–Crippen LogP) is 2.97. The number of aliphatic hydroxyl groups is 1. The Hall–Kier alpha value is -3.00. The van der Waals surface area contributed by atoms with Crippen LogP contribution in [0.2, 0.25) is 0 Å². The molecule has 0 saturated heterocycles. The van der Waals surface area contributed by atoms with Crippen LogP contribution in [-0.4, -0.2) is 59.1 Å². The first-order chi connectivity index (χ1) is 14.5. The highest BCUT2D eigenvalue weighted by Crippen LogP contribution is 2.30. The van der Waals surface area contributed by atoms with E-state index in [4.69, 9.17) is 0 Å². The lowest BCUT2D eigenvalue weighted by atomic mass is 9.96. The Balaban J connectivity index is 2.06. The number of anilines is 1. The first-order valence-electron chi connectivity index (χ1n) is 10.2. The number of nitrogens with one attached hydrogen (secondary N) is 2. The Morgan fingerprint density at radius 1 is 1.23 bits per heavy atom. The van der Waals surface area contributed by atoms with Crippen molar-refractivity contribution in [3.8, 4) is 11.1 Å². The summed E-state index contributed by atoms with van der Waals surface area (Å²) in [4.78, 5) is 31.1. The number of benzene rings is 1. The number of amides is 2. The molecule has 0 unspecified atom stereocenters. The van der Waals surface area contributed by atoms with Crippen molar-refractivity contribution < 1.29 is 19.1 Å². The Kier molecular flexibility index (Phi) is 6.31. The maximum atomic E-state index is 14.5. The fourth-order valence-electron chi connectivity index (χ4n) is 3.12. The molecular weight excluding hydrogens is 399 g/mol. The van der Waals surface area contributed by atoms with E-state index in [1.165, 1.54) is 17.0 Å². The first-order valence-corrected chi connectivity index (χ1v) is 10.2. The lowest BCUT2D eigenvalue weighted by Gasteiger charge is -2.26. The Labute approximate surface area is 181 Å². The summed E-state index contributed by atoms with van der Waals surface area (Å²) >= 11 is 0. The van der Waals surface area contributed by atoms with E-state index in [9.17, 15) is 19.1 Å². The topological polar surface area (TPSA) is 94.6 Å². The highest BCUT2D eigenvalue weighted by Gasteiger charge is 2.26. The summed E-state index contributed by atoms with van der Waals surface area (Å²) in [5.74, 6) is -0.952. The average Bonchev–Trinajstić information content (AvgIpc) is 3.51. The quantitative estimate of drug-likeness (QED) is 0.630. The summed E-state index contributed by atoms with van der Waals surface area (Å²) in [6.07, 6.45) is 3.39. The molecule has 1 heterocycles. The molecule has 1 aromatic heterocycles. The first kappa shape index (κ1) is 22.7. The molecule has 0 bridgehead atoms. The van der Waals surface area contributed by atoms with Crippen LogP contribution in [0.3, 0.4) is 0 Å². The fraction of sp³-hybridized carbons (Fsp3) is 0.435. The van der Waals surface area contributed by atoms with Crippen LogP contribution in [0.5, 0.6) is 0 Å². The van der Waals surface area contributed by atoms with E-state index in [1.807, 2.05) is 0 Å². The Morgan fingerprint density at radius 3 is 2.48 bits per heavy atom. The molecule has 1 aliphatic rings. The minimum Gasteiger partial charge on any atom is -0.394 e. The molecule has 1 aromatic carbocycles. The van der Waals surface area contributed by atoms with Gasteiger partial charge in [0.2, 0.25) is 0 Å². The van der Waals surface area contributed by atoms with Crippen molar-refractivity contribution in [2.75, 3.05) is 26.0 Å². The van der Waals surface area contributed by atoms with Gasteiger partial charge in [-0.15, -0.1) is 0 Å². The van der Waals surface area contributed by atoms with Gasteiger partial charge in [0, 0.05) is 31.9 Å². The zero-order valence-electron chi connectivity index (χ0n) is 18.5. The molecular formula is C23H29FN4O3. The molecule has 7 nitrogen and oxygen atoms in total. The minimum atomic E-state index is -0.685. The van der Waals surface area contributed by atoms with Crippen LogP contribution in [0.25, 0.3) is 11.1 Å². The van der Waals surface area contributed by atoms with E-state index in [1.54, 1.807) is 47.1 Å². The maximum Gasteiger partial charge on any atom is 0.257 e. The largest absolute Gasteiger partial charge is 0.394 e. The van der Waals surface area contributed by atoms with Crippen molar-refractivity contribution in [2.24, 2.45) is 0 Å². The molecule has 1 fully saturated rings. The standard InChI is InChI=1S/C23H29FN4O3/c1-13-8-19(24)17(21(30)26-15-6-7-15)10-16(13)14-9-18(22(31)28(4)5)20(25-11-14)27-23(2,3)12-29/h8-11,15,29H,6-7,12H2,1-5H3,(H,25,27)(H,26,30). The number of aliphatic hydroxyl groups excluding tert-OH is 1. The number of hydrogen-bond donors (Lipinski definition) is 3. The van der Waals surface area contributed by atoms with Gasteiger partial charge in [0.15, 0.2) is 0 Å². The van der Waals surface area contributed by atoms with Gasteiger partial charge in [-0.2, -0.15) is 0 Å². The average molecular weight is 429 g/mol. The molecule has 166 valence electrons. The van der Waals surface area contributed by atoms with E-state index < -0.39 is 17.3 Å². The van der Waals surface area contributed by atoms with E-state index in [2.05, 4.69) is 15.6 Å². The number of rotatable bonds is 7. The highest BCUT2D eigenvalue weighted by atomic mass is 19.1. The number of carbonyl (C=O) groups is 2. The third kappa shape index (κ3) is 5.19. The summed E-state index contributed by atoms with van der Waals surface area (Å²) in [7, 11) is 3.28. The van der Waals surface area contributed by atoms with Gasteiger partial charge < -0.3 is 20.6 Å². The fourth-order valence-corrected chi connectivity index (χ4v) is 3.12. The second-order valence-corrected chi connectivity index (χ2v) is 8.88. The number of hydrogen-bond acceptors (Lipinski definition) is 5. The minimum absolute atomic E-state index is 0.0309. The van der Waals surface area contributed by atoms with Gasteiger partial charge in [-0.05, 0) is 62.9 Å². The molecule has 0 atom stereocenters. The molecule has 2 aromatic rings. The third-order valence-electron chi connectivity index (χ3n) is 5.16. The van der Waals surface area contributed by atoms with Crippen LogP contribution < -0.4 is 10.6 Å². The molecule has 2 amide bonds. The van der Waals surface area contributed by atoms with Gasteiger partial charge in [-0.3, -0.25) is 9.59 Å². The van der Waals surface area contributed by atoms with Crippen LogP contribution in [0.15, 0.2) is 24.4 Å². The lowest BCUT2D eigenvalue weighted by molar-refractivity contribution is 0.0827. The third-order valence-corrected chi connectivity index (χ3v) is 5.16. The van der Waals surface area contributed by atoms with Gasteiger partial charge >= 0.3 is 0 Å². The molecule has 0 spiro atoms. The lowest BCUT2D eigenvalue weighted by Crippen LogP contribution is -2.36. The molecule has 3 N–H and O–H groups in total. The van der Waals surface area contributed by atoms with Gasteiger partial charge in [-0.25, -0.2) is 9.37 Å². The van der Waals surface area contributed by atoms with E-state index in [0.717, 1.165) is 12.8 Å². The summed E-state index contributed by atoms with van der Waals surface area (Å²) in [5, 5.41) is 15.5. The van der Waals surface area contributed by atoms with Crippen LogP contribution >= 0.6 is 0 Å². The number of halogens is 1. The zero-order chi connectivity index (χ0) is 22.9. The van der Waals surface area contributed by atoms with Gasteiger partial charge in [-0.1, -0.05) is 0 Å². The molecule has 0 aliphatic heterocycles. The van der Waals surface area contributed by atoms with Crippen molar-refractivity contribution in [3.05, 3.63) is 46.9 Å². The van der Waals surface area contributed by atoms with Crippen molar-refractivity contribution >= 4 is 17.6 Å². The van der Waals surface area contributed by atoms with Crippen LogP contribution in [0.4, 0.5) is 10.2 Å². The number of carbonyl (C=O) groups excluding carboxylic acids is 2. The SMILES string of the molecule is Cc1cc(F)c(C(=O)NC2CC2)cc1-c1cnc(NC(C)(C)CO)c(C(=O)N(C)C)c1. The normalized spacial score (nSPS) is 13.6.